The van der Waals surface area contributed by atoms with Crippen LogP contribution in [0.4, 0.5) is 0 Å². The van der Waals surface area contributed by atoms with Gasteiger partial charge in [-0.15, -0.1) is 0 Å². The van der Waals surface area contributed by atoms with E-state index in [2.05, 4.69) is 25.9 Å². The van der Waals surface area contributed by atoms with Crippen LogP contribution in [0, 0.1) is 0 Å². The molecular weight excluding hydrogens is 410 g/mol. The zero-order valence-corrected chi connectivity index (χ0v) is 16.2. The van der Waals surface area contributed by atoms with Gasteiger partial charge in [-0.1, -0.05) is 12.8 Å². The van der Waals surface area contributed by atoms with Gasteiger partial charge in [0.25, 0.3) is 5.56 Å². The first kappa shape index (κ1) is 17.9. The maximum absolute atomic E-state index is 12.8. The molecule has 3 aromatic rings. The Morgan fingerprint density at radius 1 is 1.15 bits per heavy atom. The predicted molar refractivity (Wildman–Crippen MR) is 105 cm³/mol. The summed E-state index contributed by atoms with van der Waals surface area (Å²) < 4.78 is 7.64. The fraction of sp³-hybridized carbons (Fsp3) is 0.300. The number of esters is 1. The summed E-state index contributed by atoms with van der Waals surface area (Å²) in [7, 11) is 0. The highest BCUT2D eigenvalue weighted by Gasteiger charge is 2.16. The Balaban J connectivity index is 1.71. The molecule has 1 aromatic carbocycles. The minimum absolute atomic E-state index is 0.0354. The number of ether oxygens (including phenoxy) is 1. The van der Waals surface area contributed by atoms with E-state index in [9.17, 15) is 9.59 Å². The van der Waals surface area contributed by atoms with Crippen LogP contribution in [0.25, 0.3) is 10.9 Å². The summed E-state index contributed by atoms with van der Waals surface area (Å²) in [6.45, 7) is 0.704. The second-order valence-electron chi connectivity index (χ2n) is 6.56. The van der Waals surface area contributed by atoms with Gasteiger partial charge in [0.15, 0.2) is 5.75 Å². The third-order valence-corrected chi connectivity index (χ3v) is 5.33. The Bertz CT molecular complexity index is 1080. The van der Waals surface area contributed by atoms with Gasteiger partial charge in [0, 0.05) is 19.2 Å². The second-order valence-corrected chi connectivity index (χ2v) is 7.31. The molecule has 4 rings (SSSR count). The lowest BCUT2D eigenvalue weighted by molar-refractivity contribution is 0.0733. The number of aryl methyl sites for hydroxylation is 1. The maximum atomic E-state index is 12.8. The van der Waals surface area contributed by atoms with Gasteiger partial charge < -0.3 is 4.74 Å². The number of aromatic nitrogens is 3. The smallest absolute Gasteiger partial charge is 0.343 e. The summed E-state index contributed by atoms with van der Waals surface area (Å²) in [4.78, 5) is 34.1. The molecule has 0 aliphatic carbocycles. The molecule has 6 nitrogen and oxygen atoms in total. The molecule has 0 saturated heterocycles. The molecule has 0 unspecified atom stereocenters. The Labute approximate surface area is 164 Å². The summed E-state index contributed by atoms with van der Waals surface area (Å²) >= 11 is 3.26. The van der Waals surface area contributed by atoms with Crippen molar-refractivity contribution in [2.45, 2.75) is 38.6 Å². The average molecular weight is 428 g/mol. The highest BCUT2D eigenvalue weighted by atomic mass is 79.9. The Morgan fingerprint density at radius 2 is 2.00 bits per heavy atom. The highest BCUT2D eigenvalue weighted by Crippen LogP contribution is 2.23. The third-order valence-electron chi connectivity index (χ3n) is 4.73. The fourth-order valence-electron chi connectivity index (χ4n) is 3.33. The number of nitrogens with zero attached hydrogens (tertiary/aromatic N) is 3. The molecule has 0 N–H and O–H groups in total. The molecule has 0 saturated carbocycles. The van der Waals surface area contributed by atoms with Gasteiger partial charge in [-0.05, 0) is 59.1 Å². The second kappa shape index (κ2) is 7.60. The highest BCUT2D eigenvalue weighted by molar-refractivity contribution is 9.10. The van der Waals surface area contributed by atoms with Gasteiger partial charge in [0.1, 0.15) is 10.4 Å². The van der Waals surface area contributed by atoms with Gasteiger partial charge in [-0.25, -0.2) is 14.8 Å². The molecule has 0 spiro atoms. The maximum Gasteiger partial charge on any atom is 0.343 e. The molecule has 0 amide bonds. The van der Waals surface area contributed by atoms with E-state index in [1.807, 2.05) is 0 Å². The number of benzene rings is 1. The van der Waals surface area contributed by atoms with Crippen molar-refractivity contribution in [2.24, 2.45) is 0 Å². The van der Waals surface area contributed by atoms with Crippen LogP contribution in [0.3, 0.4) is 0 Å². The Morgan fingerprint density at radius 3 is 2.85 bits per heavy atom. The van der Waals surface area contributed by atoms with E-state index in [4.69, 9.17) is 4.74 Å². The topological polar surface area (TPSA) is 74.1 Å². The Kier molecular flexibility index (Phi) is 5.03. The van der Waals surface area contributed by atoms with E-state index < -0.39 is 5.97 Å². The number of rotatable bonds is 2. The van der Waals surface area contributed by atoms with Gasteiger partial charge in [-0.3, -0.25) is 9.36 Å². The molecule has 3 heterocycles. The van der Waals surface area contributed by atoms with E-state index in [1.165, 1.54) is 0 Å². The molecule has 2 aromatic heterocycles. The van der Waals surface area contributed by atoms with E-state index in [0.29, 0.717) is 33.4 Å². The van der Waals surface area contributed by atoms with Crippen LogP contribution in [0.1, 0.15) is 41.9 Å². The van der Waals surface area contributed by atoms with Crippen molar-refractivity contribution in [2.75, 3.05) is 0 Å². The monoisotopic (exact) mass is 427 g/mol. The first-order valence-corrected chi connectivity index (χ1v) is 9.79. The van der Waals surface area contributed by atoms with Crippen LogP contribution < -0.4 is 10.3 Å². The minimum Gasteiger partial charge on any atom is -0.420 e. The number of hydrogen-bond donors (Lipinski definition) is 0. The summed E-state index contributed by atoms with van der Waals surface area (Å²) in [5.74, 6) is 0.626. The fourth-order valence-corrected chi connectivity index (χ4v) is 3.66. The van der Waals surface area contributed by atoms with Crippen molar-refractivity contribution in [1.82, 2.24) is 14.5 Å². The number of hydrogen-bond acceptors (Lipinski definition) is 5. The van der Waals surface area contributed by atoms with E-state index >= 15 is 0 Å². The number of fused-ring (bicyclic) bond motifs is 2. The molecule has 0 bridgehead atoms. The van der Waals surface area contributed by atoms with E-state index in [1.54, 1.807) is 41.1 Å². The number of carbonyl (C=O) groups excluding carboxylic acids is 1. The SMILES string of the molecule is O=C(Oc1cccnc1Br)c1ccc2c(=O)n3c(nc2c1)CCCCCC3. The van der Waals surface area contributed by atoms with E-state index in [0.717, 1.165) is 37.9 Å². The molecule has 0 atom stereocenters. The van der Waals surface area contributed by atoms with Crippen molar-refractivity contribution in [3.63, 3.8) is 0 Å². The molecule has 1 aliphatic rings. The lowest BCUT2D eigenvalue weighted by Gasteiger charge is -2.16. The van der Waals surface area contributed by atoms with Crippen molar-refractivity contribution >= 4 is 32.8 Å². The molecule has 138 valence electrons. The zero-order chi connectivity index (χ0) is 18.8. The normalized spacial score (nSPS) is 14.3. The standard InChI is InChI=1S/C20H18BrN3O3/c21-18-16(6-5-10-22-18)27-20(26)13-8-9-14-15(12-13)23-17-7-3-1-2-4-11-24(17)19(14)25/h5-6,8-10,12H,1-4,7,11H2. The summed E-state index contributed by atoms with van der Waals surface area (Å²) in [5.41, 5.74) is 0.847. The van der Waals surface area contributed by atoms with Crippen LogP contribution in [-0.4, -0.2) is 20.5 Å². The van der Waals surface area contributed by atoms with E-state index in [-0.39, 0.29) is 5.56 Å². The zero-order valence-electron chi connectivity index (χ0n) is 14.7. The molecular formula is C20H18BrN3O3. The van der Waals surface area contributed by atoms with Crippen molar-refractivity contribution in [3.05, 3.63) is 62.9 Å². The predicted octanol–water partition coefficient (Wildman–Crippen LogP) is 3.89. The first-order chi connectivity index (χ1) is 13.1. The minimum atomic E-state index is -0.515. The summed E-state index contributed by atoms with van der Waals surface area (Å²) in [6, 6.07) is 8.24. The van der Waals surface area contributed by atoms with Gasteiger partial charge >= 0.3 is 5.97 Å². The number of carbonyl (C=O) groups is 1. The Hall–Kier alpha value is -2.54. The molecule has 0 fully saturated rings. The lowest BCUT2D eigenvalue weighted by Crippen LogP contribution is -2.26. The number of halogens is 1. The lowest BCUT2D eigenvalue weighted by atomic mass is 10.1. The van der Waals surface area contributed by atoms with Crippen LogP contribution in [0.15, 0.2) is 45.9 Å². The molecule has 7 heteroatoms. The quantitative estimate of drug-likeness (QED) is 0.458. The van der Waals surface area contributed by atoms with Crippen molar-refractivity contribution in [1.29, 1.82) is 0 Å². The van der Waals surface area contributed by atoms with Crippen molar-refractivity contribution < 1.29 is 9.53 Å². The van der Waals surface area contributed by atoms with Crippen molar-refractivity contribution in [3.8, 4) is 5.75 Å². The summed E-state index contributed by atoms with van der Waals surface area (Å²) in [5, 5.41) is 0.526. The van der Waals surface area contributed by atoms with Crippen LogP contribution >= 0.6 is 15.9 Å². The third kappa shape index (κ3) is 3.64. The molecule has 27 heavy (non-hydrogen) atoms. The van der Waals surface area contributed by atoms with Crippen LogP contribution in [0.5, 0.6) is 5.75 Å². The van der Waals surface area contributed by atoms with Gasteiger partial charge in [0.2, 0.25) is 0 Å². The van der Waals surface area contributed by atoms with Crippen LogP contribution in [0.2, 0.25) is 0 Å². The largest absolute Gasteiger partial charge is 0.420 e. The molecule has 1 aliphatic heterocycles. The summed E-state index contributed by atoms with van der Waals surface area (Å²) in [6.07, 6.45) is 6.68. The first-order valence-electron chi connectivity index (χ1n) is 8.99. The van der Waals surface area contributed by atoms with Crippen LogP contribution in [-0.2, 0) is 13.0 Å². The number of pyridine rings is 1. The van der Waals surface area contributed by atoms with Gasteiger partial charge in [0.05, 0.1) is 16.5 Å². The average Bonchev–Trinajstić information content (AvgIpc) is 2.65. The van der Waals surface area contributed by atoms with Gasteiger partial charge in [-0.2, -0.15) is 0 Å². The molecule has 0 radical (unpaired) electrons.